The van der Waals surface area contributed by atoms with Crippen molar-refractivity contribution in [3.63, 3.8) is 0 Å². The molecule has 0 aliphatic carbocycles. The van der Waals surface area contributed by atoms with E-state index in [1.165, 1.54) is 0 Å². The molecule has 0 unspecified atom stereocenters. The normalized spacial score (nSPS) is 11.0. The summed E-state index contributed by atoms with van der Waals surface area (Å²) in [5, 5.41) is 9.82. The van der Waals surface area contributed by atoms with Gasteiger partial charge in [-0.2, -0.15) is 0 Å². The Bertz CT molecular complexity index is 369. The van der Waals surface area contributed by atoms with Gasteiger partial charge in [0.25, 0.3) is 0 Å². The predicted molar refractivity (Wildman–Crippen MR) is 75.9 cm³/mol. The molecule has 0 amide bonds. The first-order valence-electron chi connectivity index (χ1n) is 6.40. The molecule has 0 saturated carbocycles. The number of aromatic nitrogens is 1. The summed E-state index contributed by atoms with van der Waals surface area (Å²) in [6.07, 6.45) is 3.69. The van der Waals surface area contributed by atoms with Gasteiger partial charge in [0.1, 0.15) is 5.82 Å². The molecule has 0 fully saturated rings. The summed E-state index contributed by atoms with van der Waals surface area (Å²) in [4.78, 5) is 6.42. The number of anilines is 1. The molecule has 3 N–H and O–H groups in total. The van der Waals surface area contributed by atoms with E-state index >= 15 is 0 Å². The van der Waals surface area contributed by atoms with Crippen LogP contribution in [0.4, 0.5) is 5.82 Å². The zero-order valence-corrected chi connectivity index (χ0v) is 11.8. The van der Waals surface area contributed by atoms with Crippen LogP contribution in [0.15, 0.2) is 12.3 Å². The van der Waals surface area contributed by atoms with Gasteiger partial charge in [-0.3, -0.25) is 0 Å². The van der Waals surface area contributed by atoms with E-state index in [-0.39, 0.29) is 6.61 Å². The Balaban J connectivity index is 3.12. The van der Waals surface area contributed by atoms with Crippen molar-refractivity contribution in [2.24, 2.45) is 5.73 Å². The van der Waals surface area contributed by atoms with Crippen LogP contribution in [-0.4, -0.2) is 29.3 Å². The number of nitrogens with zero attached hydrogens (tertiary/aromatic N) is 2. The zero-order chi connectivity index (χ0) is 13.5. The number of hydrogen-bond donors (Lipinski definition) is 2. The Morgan fingerprint density at radius 1 is 1.44 bits per heavy atom. The van der Waals surface area contributed by atoms with E-state index in [1.54, 1.807) is 6.20 Å². The molecular formula is C13H22ClN3O. The van der Waals surface area contributed by atoms with Gasteiger partial charge in [0, 0.05) is 25.3 Å². The molecule has 0 atom stereocenters. The molecule has 0 aliphatic rings. The van der Waals surface area contributed by atoms with E-state index in [0.29, 0.717) is 24.2 Å². The molecule has 102 valence electrons. The van der Waals surface area contributed by atoms with Crippen molar-refractivity contribution in [3.8, 4) is 0 Å². The molecule has 0 spiro atoms. The molecule has 0 saturated heterocycles. The first-order valence-corrected chi connectivity index (χ1v) is 6.78. The molecule has 0 bridgehead atoms. The molecule has 1 aromatic heterocycles. The Hall–Kier alpha value is -0.840. The average Bonchev–Trinajstić information content (AvgIpc) is 2.39. The van der Waals surface area contributed by atoms with Gasteiger partial charge in [0.15, 0.2) is 0 Å². The van der Waals surface area contributed by atoms with E-state index in [4.69, 9.17) is 17.3 Å². The number of rotatable bonds is 7. The van der Waals surface area contributed by atoms with Crippen LogP contribution in [-0.2, 0) is 6.54 Å². The van der Waals surface area contributed by atoms with E-state index < -0.39 is 0 Å². The van der Waals surface area contributed by atoms with Crippen molar-refractivity contribution in [1.82, 2.24) is 4.98 Å². The Morgan fingerprint density at radius 3 is 2.61 bits per heavy atom. The van der Waals surface area contributed by atoms with Gasteiger partial charge in [0.05, 0.1) is 11.6 Å². The number of nitrogens with two attached hydrogens (primary N) is 1. The van der Waals surface area contributed by atoms with Gasteiger partial charge >= 0.3 is 0 Å². The molecular weight excluding hydrogens is 250 g/mol. The highest BCUT2D eigenvalue weighted by atomic mass is 35.5. The van der Waals surface area contributed by atoms with Crippen LogP contribution in [0.25, 0.3) is 0 Å². The smallest absolute Gasteiger partial charge is 0.148 e. The summed E-state index contributed by atoms with van der Waals surface area (Å²) in [5.74, 6) is 0.724. The van der Waals surface area contributed by atoms with Crippen molar-refractivity contribution < 1.29 is 5.11 Å². The highest BCUT2D eigenvalue weighted by Gasteiger charge is 2.20. The maximum Gasteiger partial charge on any atom is 0.148 e. The van der Waals surface area contributed by atoms with Crippen molar-refractivity contribution in [2.45, 2.75) is 39.3 Å². The van der Waals surface area contributed by atoms with Crippen LogP contribution >= 0.6 is 11.6 Å². The lowest BCUT2D eigenvalue weighted by Crippen LogP contribution is -2.37. The highest BCUT2D eigenvalue weighted by molar-refractivity contribution is 6.33. The summed E-state index contributed by atoms with van der Waals surface area (Å²) >= 11 is 6.33. The lowest BCUT2D eigenvalue weighted by Gasteiger charge is -2.32. The Kier molecular flexibility index (Phi) is 6.39. The van der Waals surface area contributed by atoms with Crippen LogP contribution < -0.4 is 10.6 Å². The summed E-state index contributed by atoms with van der Waals surface area (Å²) < 4.78 is 0. The number of hydrogen-bond acceptors (Lipinski definition) is 4. The third kappa shape index (κ3) is 3.34. The quantitative estimate of drug-likeness (QED) is 0.798. The number of halogens is 1. The minimum Gasteiger partial charge on any atom is -0.395 e. The van der Waals surface area contributed by atoms with Gasteiger partial charge in [-0.05, 0) is 24.5 Å². The topological polar surface area (TPSA) is 62.4 Å². The molecule has 18 heavy (non-hydrogen) atoms. The second-order valence-electron chi connectivity index (χ2n) is 4.20. The van der Waals surface area contributed by atoms with Crippen molar-refractivity contribution in [3.05, 3.63) is 22.8 Å². The maximum absolute atomic E-state index is 9.22. The van der Waals surface area contributed by atoms with E-state index in [1.807, 2.05) is 6.07 Å². The van der Waals surface area contributed by atoms with Gasteiger partial charge < -0.3 is 15.7 Å². The summed E-state index contributed by atoms with van der Waals surface area (Å²) in [6, 6.07) is 2.16. The van der Waals surface area contributed by atoms with Gasteiger partial charge in [-0.25, -0.2) is 4.98 Å². The molecule has 1 rings (SSSR count). The lowest BCUT2D eigenvalue weighted by atomic mass is 10.1. The van der Waals surface area contributed by atoms with E-state index in [9.17, 15) is 5.11 Å². The summed E-state index contributed by atoms with van der Waals surface area (Å²) in [6.45, 7) is 5.26. The molecule has 0 radical (unpaired) electrons. The third-order valence-corrected chi connectivity index (χ3v) is 3.58. The van der Waals surface area contributed by atoms with E-state index in [0.717, 1.165) is 24.2 Å². The third-order valence-electron chi connectivity index (χ3n) is 3.17. The van der Waals surface area contributed by atoms with Crippen molar-refractivity contribution >= 4 is 17.4 Å². The fourth-order valence-electron chi connectivity index (χ4n) is 2.13. The van der Waals surface area contributed by atoms with Crippen LogP contribution in [0.2, 0.25) is 5.02 Å². The number of pyridine rings is 1. The molecule has 1 aromatic rings. The second-order valence-corrected chi connectivity index (χ2v) is 4.58. The molecule has 0 aromatic carbocycles. The first-order chi connectivity index (χ1) is 8.69. The van der Waals surface area contributed by atoms with Crippen LogP contribution in [0.5, 0.6) is 0 Å². The Labute approximate surface area is 114 Å². The number of aliphatic hydroxyl groups is 1. The van der Waals surface area contributed by atoms with Gasteiger partial charge in [0.2, 0.25) is 0 Å². The largest absolute Gasteiger partial charge is 0.395 e. The van der Waals surface area contributed by atoms with Gasteiger partial charge in [-0.1, -0.05) is 25.4 Å². The zero-order valence-electron chi connectivity index (χ0n) is 11.1. The predicted octanol–water partition coefficient (Wildman–Crippen LogP) is 2.18. The van der Waals surface area contributed by atoms with Crippen molar-refractivity contribution in [2.75, 3.05) is 18.1 Å². The van der Waals surface area contributed by atoms with Crippen LogP contribution in [0.1, 0.15) is 32.3 Å². The monoisotopic (exact) mass is 271 g/mol. The maximum atomic E-state index is 9.22. The molecule has 4 nitrogen and oxygen atoms in total. The fourth-order valence-corrected chi connectivity index (χ4v) is 2.43. The lowest BCUT2D eigenvalue weighted by molar-refractivity contribution is 0.295. The van der Waals surface area contributed by atoms with Gasteiger partial charge in [-0.15, -0.1) is 0 Å². The number of aliphatic hydroxyl groups excluding tert-OH is 1. The fraction of sp³-hybridized carbons (Fsp3) is 0.615. The minimum atomic E-state index is 0.0847. The molecule has 5 heteroatoms. The molecule has 0 aliphatic heterocycles. The second kappa shape index (κ2) is 7.56. The SMILES string of the molecule is CCC(CC)N(CCO)c1nccc(CN)c1Cl. The summed E-state index contributed by atoms with van der Waals surface area (Å²) in [5.41, 5.74) is 6.54. The van der Waals surface area contributed by atoms with Crippen molar-refractivity contribution in [1.29, 1.82) is 0 Å². The Morgan fingerprint density at radius 2 is 2.11 bits per heavy atom. The highest BCUT2D eigenvalue weighted by Crippen LogP contribution is 2.29. The van der Waals surface area contributed by atoms with Crippen LogP contribution in [0.3, 0.4) is 0 Å². The minimum absolute atomic E-state index is 0.0847. The summed E-state index contributed by atoms with van der Waals surface area (Å²) in [7, 11) is 0. The standard InChI is InChI=1S/C13H22ClN3O/c1-3-11(4-2)17(7-8-18)13-12(14)10(9-15)5-6-16-13/h5-6,11,18H,3-4,7-9,15H2,1-2H3. The average molecular weight is 272 g/mol. The molecule has 1 heterocycles. The first kappa shape index (κ1) is 15.2. The van der Waals surface area contributed by atoms with E-state index in [2.05, 4.69) is 23.7 Å². The van der Waals surface area contributed by atoms with Crippen LogP contribution in [0, 0.1) is 0 Å².